The Hall–Kier alpha value is -4.35. The summed E-state index contributed by atoms with van der Waals surface area (Å²) in [5, 5.41) is 5.29. The van der Waals surface area contributed by atoms with E-state index >= 15 is 0 Å². The van der Waals surface area contributed by atoms with Crippen molar-refractivity contribution in [3.63, 3.8) is 0 Å². The molecule has 2 aliphatic carbocycles. The van der Waals surface area contributed by atoms with Crippen molar-refractivity contribution in [2.75, 3.05) is 7.11 Å². The normalized spacial score (nSPS) is 15.7. The van der Waals surface area contributed by atoms with Crippen LogP contribution < -0.4 is 4.74 Å². The summed E-state index contributed by atoms with van der Waals surface area (Å²) < 4.78 is 48.9. The van der Waals surface area contributed by atoms with Gasteiger partial charge in [-0.2, -0.15) is 18.3 Å². The van der Waals surface area contributed by atoms with Crippen molar-refractivity contribution >= 4 is 11.0 Å². The molecule has 1 aromatic carbocycles. The lowest BCUT2D eigenvalue weighted by molar-refractivity contribution is -0.140. The molecule has 0 unspecified atom stereocenters. The van der Waals surface area contributed by atoms with Gasteiger partial charge >= 0.3 is 6.18 Å². The van der Waals surface area contributed by atoms with Crippen LogP contribution in [0.4, 0.5) is 13.2 Å². The van der Waals surface area contributed by atoms with Crippen molar-refractivity contribution in [1.82, 2.24) is 39.3 Å². The average Bonchev–Trinajstić information content (AvgIpc) is 3.88. The van der Waals surface area contributed by atoms with Gasteiger partial charge in [-0.05, 0) is 31.2 Å². The van der Waals surface area contributed by atoms with Crippen LogP contribution in [0.5, 0.6) is 5.88 Å². The maximum absolute atomic E-state index is 13.3. The number of aromatic nitrogens is 8. The zero-order chi connectivity index (χ0) is 26.7. The molecule has 0 amide bonds. The summed E-state index contributed by atoms with van der Waals surface area (Å²) in [6.45, 7) is 0.420. The highest BCUT2D eigenvalue weighted by atomic mass is 19.4. The number of hydrogen-bond donors (Lipinski definition) is 0. The molecule has 0 bridgehead atoms. The van der Waals surface area contributed by atoms with Gasteiger partial charge in [0, 0.05) is 29.9 Å². The maximum atomic E-state index is 13.3. The standard InChI is InChI=1S/C27H23F3N8O/c1-39-26-21(22(16-6-7-16)32-14-33-26)23-31-10-18-11-34-38(25(18)36-23)12-15-2-4-17(5-3-15)24-35-20(27(28,29)30)13-37(24)19-8-9-19/h2-5,10-11,13-14,16,19H,6-9,12H2,1H3. The highest BCUT2D eigenvalue weighted by Crippen LogP contribution is 2.45. The number of ether oxygens (including phenoxy) is 1. The summed E-state index contributed by atoms with van der Waals surface area (Å²) in [6.07, 6.45) is 5.41. The van der Waals surface area contributed by atoms with E-state index in [0.29, 0.717) is 46.8 Å². The SMILES string of the molecule is COc1ncnc(C2CC2)c1-c1ncc2cnn(Cc3ccc(-c4nc(C(F)(F)F)cn4C4CC4)cc3)c2n1. The molecular weight excluding hydrogens is 509 g/mol. The first-order valence-corrected chi connectivity index (χ1v) is 12.7. The Labute approximate surface area is 220 Å². The van der Waals surface area contributed by atoms with Gasteiger partial charge < -0.3 is 9.30 Å². The van der Waals surface area contributed by atoms with Crippen LogP contribution in [0.25, 0.3) is 33.8 Å². The van der Waals surface area contributed by atoms with E-state index in [0.717, 1.165) is 48.5 Å². The van der Waals surface area contributed by atoms with Crippen LogP contribution >= 0.6 is 0 Å². The number of imidazole rings is 1. The summed E-state index contributed by atoms with van der Waals surface area (Å²) in [5.74, 6) is 1.60. The number of halogens is 3. The number of hydrogen-bond acceptors (Lipinski definition) is 7. The Kier molecular flexibility index (Phi) is 5.39. The predicted molar refractivity (Wildman–Crippen MR) is 135 cm³/mol. The third-order valence-corrected chi connectivity index (χ3v) is 7.11. The minimum atomic E-state index is -4.48. The van der Waals surface area contributed by atoms with Crippen LogP contribution in [0.3, 0.4) is 0 Å². The van der Waals surface area contributed by atoms with E-state index < -0.39 is 11.9 Å². The molecule has 12 heteroatoms. The summed E-state index contributed by atoms with van der Waals surface area (Å²) >= 11 is 0. The Morgan fingerprint density at radius 3 is 2.46 bits per heavy atom. The molecule has 2 saturated carbocycles. The third kappa shape index (κ3) is 4.39. The Balaban J connectivity index is 1.20. The van der Waals surface area contributed by atoms with Crippen molar-refractivity contribution < 1.29 is 17.9 Å². The van der Waals surface area contributed by atoms with Gasteiger partial charge in [-0.25, -0.2) is 29.6 Å². The molecule has 39 heavy (non-hydrogen) atoms. The minimum absolute atomic E-state index is 0.0710. The maximum Gasteiger partial charge on any atom is 0.434 e. The summed E-state index contributed by atoms with van der Waals surface area (Å²) in [5.41, 5.74) is 2.93. The van der Waals surface area contributed by atoms with Crippen LogP contribution in [0.2, 0.25) is 0 Å². The fourth-order valence-corrected chi connectivity index (χ4v) is 4.82. The van der Waals surface area contributed by atoms with Crippen molar-refractivity contribution in [2.45, 2.75) is 50.4 Å². The van der Waals surface area contributed by atoms with E-state index in [2.05, 4.69) is 25.0 Å². The van der Waals surface area contributed by atoms with E-state index in [9.17, 15) is 13.2 Å². The summed E-state index contributed by atoms with van der Waals surface area (Å²) in [4.78, 5) is 22.0. The lowest BCUT2D eigenvalue weighted by atomic mass is 10.1. The molecule has 0 saturated heterocycles. The van der Waals surface area contributed by atoms with E-state index in [-0.39, 0.29) is 6.04 Å². The van der Waals surface area contributed by atoms with Crippen molar-refractivity contribution in [2.24, 2.45) is 0 Å². The fourth-order valence-electron chi connectivity index (χ4n) is 4.82. The third-order valence-electron chi connectivity index (χ3n) is 7.11. The van der Waals surface area contributed by atoms with Gasteiger partial charge in [0.1, 0.15) is 17.7 Å². The first-order valence-electron chi connectivity index (χ1n) is 12.7. The second kappa shape index (κ2) is 8.85. The van der Waals surface area contributed by atoms with Crippen molar-refractivity contribution in [3.8, 4) is 28.7 Å². The first kappa shape index (κ1) is 23.7. The number of methoxy groups -OCH3 is 1. The van der Waals surface area contributed by atoms with Crippen LogP contribution in [0.1, 0.15) is 54.6 Å². The fraction of sp³-hybridized carbons (Fsp3) is 0.333. The van der Waals surface area contributed by atoms with Gasteiger partial charge in [0.25, 0.3) is 0 Å². The highest BCUT2D eigenvalue weighted by Gasteiger charge is 2.37. The smallest absolute Gasteiger partial charge is 0.434 e. The van der Waals surface area contributed by atoms with Gasteiger partial charge in [0.15, 0.2) is 17.2 Å². The Morgan fingerprint density at radius 2 is 1.77 bits per heavy atom. The predicted octanol–water partition coefficient (Wildman–Crippen LogP) is 5.43. The monoisotopic (exact) mass is 532 g/mol. The van der Waals surface area contributed by atoms with Crippen LogP contribution in [0, 0.1) is 0 Å². The van der Waals surface area contributed by atoms with Gasteiger partial charge in [0.2, 0.25) is 5.88 Å². The van der Waals surface area contributed by atoms with Gasteiger partial charge in [-0.3, -0.25) is 0 Å². The topological polar surface area (TPSA) is 96.4 Å². The van der Waals surface area contributed by atoms with E-state index in [1.165, 1.54) is 6.33 Å². The number of fused-ring (bicyclic) bond motifs is 1. The molecular formula is C27H23F3N8O. The Morgan fingerprint density at radius 1 is 0.974 bits per heavy atom. The van der Waals surface area contributed by atoms with Crippen molar-refractivity contribution in [1.29, 1.82) is 0 Å². The highest BCUT2D eigenvalue weighted by molar-refractivity contribution is 5.77. The molecule has 0 spiro atoms. The zero-order valence-corrected chi connectivity index (χ0v) is 20.9. The van der Waals surface area contributed by atoms with Gasteiger partial charge in [-0.1, -0.05) is 24.3 Å². The van der Waals surface area contributed by atoms with Crippen LogP contribution in [0.15, 0.2) is 49.2 Å². The largest absolute Gasteiger partial charge is 0.480 e. The minimum Gasteiger partial charge on any atom is -0.480 e. The number of alkyl halides is 3. The summed E-state index contributed by atoms with van der Waals surface area (Å²) in [6, 6.07) is 7.43. The average molecular weight is 533 g/mol. The molecule has 2 fully saturated rings. The van der Waals surface area contributed by atoms with E-state index in [1.807, 2.05) is 12.1 Å². The first-order chi connectivity index (χ1) is 18.9. The van der Waals surface area contributed by atoms with Crippen molar-refractivity contribution in [3.05, 3.63) is 66.1 Å². The summed E-state index contributed by atoms with van der Waals surface area (Å²) in [7, 11) is 1.57. The zero-order valence-electron chi connectivity index (χ0n) is 20.9. The molecule has 7 rings (SSSR count). The lowest BCUT2D eigenvalue weighted by Crippen LogP contribution is -2.05. The number of rotatable bonds is 7. The Bertz CT molecular complexity index is 1680. The number of benzene rings is 1. The molecule has 2 aliphatic rings. The second-order valence-electron chi connectivity index (χ2n) is 9.98. The lowest BCUT2D eigenvalue weighted by Gasteiger charge is -2.11. The van der Waals surface area contributed by atoms with E-state index in [1.54, 1.807) is 40.9 Å². The second-order valence-corrected chi connectivity index (χ2v) is 9.98. The molecule has 4 heterocycles. The molecule has 0 N–H and O–H groups in total. The van der Waals surface area contributed by atoms with Crippen LogP contribution in [-0.4, -0.2) is 46.4 Å². The molecule has 9 nitrogen and oxygen atoms in total. The molecule has 5 aromatic rings. The quantitative estimate of drug-likeness (QED) is 0.276. The molecule has 0 atom stereocenters. The molecule has 198 valence electrons. The van der Waals surface area contributed by atoms with E-state index in [4.69, 9.17) is 9.72 Å². The van der Waals surface area contributed by atoms with Gasteiger partial charge in [-0.15, -0.1) is 0 Å². The van der Waals surface area contributed by atoms with Crippen LogP contribution in [-0.2, 0) is 12.7 Å². The molecule has 0 aliphatic heterocycles. The molecule has 0 radical (unpaired) electrons. The number of nitrogens with zero attached hydrogens (tertiary/aromatic N) is 8. The molecule has 4 aromatic heterocycles. The van der Waals surface area contributed by atoms with Gasteiger partial charge in [0.05, 0.1) is 30.9 Å².